The van der Waals surface area contributed by atoms with E-state index in [4.69, 9.17) is 4.74 Å². The molecule has 1 nitrogen and oxygen atoms in total. The number of unbranched alkanes of at least 4 members (excludes halogenated alkanes) is 2. The van der Waals surface area contributed by atoms with Gasteiger partial charge in [0.1, 0.15) is 0 Å². The van der Waals surface area contributed by atoms with Crippen LogP contribution in [0.15, 0.2) is 36.4 Å². The van der Waals surface area contributed by atoms with Gasteiger partial charge in [-0.3, -0.25) is 0 Å². The van der Waals surface area contributed by atoms with Crippen LogP contribution in [-0.4, -0.2) is 6.61 Å². The first-order valence-corrected chi connectivity index (χ1v) is 16.0. The first-order chi connectivity index (χ1) is 18.6. The summed E-state index contributed by atoms with van der Waals surface area (Å²) in [5.41, 5.74) is 0.543. The van der Waals surface area contributed by atoms with Crippen molar-refractivity contribution in [1.82, 2.24) is 0 Å². The molecule has 0 N–H and O–H groups in total. The third-order valence-corrected chi connectivity index (χ3v) is 9.75. The first-order valence-electron chi connectivity index (χ1n) is 16.0. The van der Waals surface area contributed by atoms with E-state index in [-0.39, 0.29) is 17.6 Å². The number of rotatable bonds is 12. The molecule has 3 aliphatic carbocycles. The Morgan fingerprint density at radius 3 is 2.16 bits per heavy atom. The minimum Gasteiger partial charge on any atom is -0.490 e. The molecule has 2 saturated carbocycles. The lowest BCUT2D eigenvalue weighted by Gasteiger charge is -2.29. The van der Waals surface area contributed by atoms with Gasteiger partial charge in [0, 0.05) is 5.92 Å². The Hall–Kier alpha value is -1.64. The Morgan fingerprint density at radius 1 is 0.737 bits per heavy atom. The standard InChI is InChI=1S/C35H52F2O/c1-3-5-6-8-27-9-11-28(12-10-27)13-14-29-15-17-30(18-16-29)25-38-33-24-23-32(34(36)35(33)37)31-21-19-26(7-4-2)20-22-31/h13-15,17,23-24,26-31H,3-12,16,18-22,25H2,1-2H3/b14-13+. The Morgan fingerprint density at radius 2 is 1.47 bits per heavy atom. The second-order valence-electron chi connectivity index (χ2n) is 12.6. The SMILES string of the molecule is CCCCCC1CCC(/C=C/C2C=CC(COc3ccc(C4CCC(CCC)CC4)c(F)c3F)CC2)CC1. The minimum atomic E-state index is -0.807. The second kappa shape index (κ2) is 15.2. The highest BCUT2D eigenvalue weighted by molar-refractivity contribution is 5.33. The van der Waals surface area contributed by atoms with Crippen molar-refractivity contribution in [1.29, 1.82) is 0 Å². The van der Waals surface area contributed by atoms with Gasteiger partial charge in [-0.15, -0.1) is 0 Å². The fourth-order valence-corrected chi connectivity index (χ4v) is 7.19. The van der Waals surface area contributed by atoms with Crippen LogP contribution in [0.1, 0.15) is 128 Å². The van der Waals surface area contributed by atoms with Gasteiger partial charge in [0.15, 0.2) is 11.6 Å². The monoisotopic (exact) mass is 526 g/mol. The molecule has 2 unspecified atom stereocenters. The molecule has 2 fully saturated rings. The molecule has 0 heterocycles. The summed E-state index contributed by atoms with van der Waals surface area (Å²) in [4.78, 5) is 0. The predicted molar refractivity (Wildman–Crippen MR) is 156 cm³/mol. The summed E-state index contributed by atoms with van der Waals surface area (Å²) >= 11 is 0. The van der Waals surface area contributed by atoms with E-state index in [1.165, 1.54) is 64.2 Å². The molecule has 0 saturated heterocycles. The molecule has 3 heteroatoms. The molecule has 3 aliphatic rings. The summed E-state index contributed by atoms with van der Waals surface area (Å²) in [5, 5.41) is 0. The molecule has 0 radical (unpaired) electrons. The largest absolute Gasteiger partial charge is 0.490 e. The number of benzene rings is 1. The van der Waals surface area contributed by atoms with Crippen LogP contribution in [0.25, 0.3) is 0 Å². The number of ether oxygens (including phenoxy) is 1. The molecule has 38 heavy (non-hydrogen) atoms. The maximum Gasteiger partial charge on any atom is 0.200 e. The van der Waals surface area contributed by atoms with Crippen LogP contribution in [-0.2, 0) is 0 Å². The molecule has 212 valence electrons. The maximum absolute atomic E-state index is 15.0. The van der Waals surface area contributed by atoms with E-state index in [0.717, 1.165) is 56.3 Å². The van der Waals surface area contributed by atoms with Crippen molar-refractivity contribution in [3.05, 3.63) is 53.6 Å². The quantitative estimate of drug-likeness (QED) is 0.194. The molecule has 0 aromatic heterocycles. The van der Waals surface area contributed by atoms with E-state index in [1.54, 1.807) is 12.1 Å². The van der Waals surface area contributed by atoms with Gasteiger partial charge >= 0.3 is 0 Å². The lowest BCUT2D eigenvalue weighted by atomic mass is 9.77. The fraction of sp³-hybridized carbons (Fsp3) is 0.714. The maximum atomic E-state index is 15.0. The van der Waals surface area contributed by atoms with E-state index < -0.39 is 11.6 Å². The topological polar surface area (TPSA) is 9.23 Å². The van der Waals surface area contributed by atoms with Crippen molar-refractivity contribution in [3.8, 4) is 5.75 Å². The number of hydrogen-bond acceptors (Lipinski definition) is 1. The minimum absolute atomic E-state index is 0.0617. The van der Waals surface area contributed by atoms with Crippen molar-refractivity contribution in [2.75, 3.05) is 6.61 Å². The van der Waals surface area contributed by atoms with Gasteiger partial charge in [-0.05, 0) is 105 Å². The smallest absolute Gasteiger partial charge is 0.200 e. The van der Waals surface area contributed by atoms with Crippen molar-refractivity contribution >= 4 is 0 Å². The van der Waals surface area contributed by atoms with Gasteiger partial charge in [0.25, 0.3) is 0 Å². The highest BCUT2D eigenvalue weighted by Crippen LogP contribution is 2.40. The Bertz CT molecular complexity index is 889. The highest BCUT2D eigenvalue weighted by atomic mass is 19.2. The van der Waals surface area contributed by atoms with Crippen molar-refractivity contribution < 1.29 is 13.5 Å². The average Bonchev–Trinajstić information content (AvgIpc) is 2.95. The number of allylic oxidation sites excluding steroid dienone is 3. The Labute approximate surface area is 231 Å². The summed E-state index contributed by atoms with van der Waals surface area (Å²) in [7, 11) is 0. The van der Waals surface area contributed by atoms with Crippen LogP contribution in [0.4, 0.5) is 8.78 Å². The molecule has 0 spiro atoms. The van der Waals surface area contributed by atoms with Crippen LogP contribution in [0.3, 0.4) is 0 Å². The summed E-state index contributed by atoms with van der Waals surface area (Å²) in [6.45, 7) is 4.92. The van der Waals surface area contributed by atoms with E-state index in [9.17, 15) is 8.78 Å². The second-order valence-corrected chi connectivity index (χ2v) is 12.6. The summed E-state index contributed by atoms with van der Waals surface area (Å²) < 4.78 is 35.6. The van der Waals surface area contributed by atoms with E-state index in [0.29, 0.717) is 18.1 Å². The zero-order valence-corrected chi connectivity index (χ0v) is 24.1. The molecule has 0 amide bonds. The van der Waals surface area contributed by atoms with Crippen LogP contribution in [0, 0.1) is 41.2 Å². The molecule has 4 rings (SSSR count). The van der Waals surface area contributed by atoms with Gasteiger partial charge in [-0.2, -0.15) is 4.39 Å². The van der Waals surface area contributed by atoms with E-state index >= 15 is 0 Å². The molecular weight excluding hydrogens is 474 g/mol. The lowest BCUT2D eigenvalue weighted by Crippen LogP contribution is -2.17. The Kier molecular flexibility index (Phi) is 11.8. The predicted octanol–water partition coefficient (Wildman–Crippen LogP) is 10.9. The number of hydrogen-bond donors (Lipinski definition) is 0. The molecule has 2 atom stereocenters. The third-order valence-electron chi connectivity index (χ3n) is 9.75. The third kappa shape index (κ3) is 8.43. The van der Waals surface area contributed by atoms with Crippen LogP contribution in [0.5, 0.6) is 5.75 Å². The van der Waals surface area contributed by atoms with Crippen molar-refractivity contribution in [3.63, 3.8) is 0 Å². The van der Waals surface area contributed by atoms with Crippen LogP contribution >= 0.6 is 0 Å². The molecular formula is C35H52F2O. The van der Waals surface area contributed by atoms with Crippen molar-refractivity contribution in [2.24, 2.45) is 29.6 Å². The van der Waals surface area contributed by atoms with E-state index in [2.05, 4.69) is 38.2 Å². The van der Waals surface area contributed by atoms with Gasteiger partial charge in [-0.1, -0.05) is 82.7 Å². The average molecular weight is 527 g/mol. The summed E-state index contributed by atoms with van der Waals surface area (Å²) in [5.74, 6) is 1.92. The Balaban J connectivity index is 1.19. The van der Waals surface area contributed by atoms with Crippen molar-refractivity contribution in [2.45, 2.75) is 122 Å². The highest BCUT2D eigenvalue weighted by Gasteiger charge is 2.27. The van der Waals surface area contributed by atoms with Crippen LogP contribution in [0.2, 0.25) is 0 Å². The van der Waals surface area contributed by atoms with Crippen LogP contribution < -0.4 is 4.74 Å². The zero-order valence-electron chi connectivity index (χ0n) is 24.1. The van der Waals surface area contributed by atoms with Gasteiger partial charge in [0.2, 0.25) is 5.82 Å². The fourth-order valence-electron chi connectivity index (χ4n) is 7.19. The van der Waals surface area contributed by atoms with Gasteiger partial charge < -0.3 is 4.74 Å². The van der Waals surface area contributed by atoms with E-state index in [1.807, 2.05) is 0 Å². The number of halogens is 2. The molecule has 0 bridgehead atoms. The normalized spacial score (nSPS) is 30.1. The zero-order chi connectivity index (χ0) is 26.7. The molecule has 1 aromatic carbocycles. The molecule has 1 aromatic rings. The molecule has 0 aliphatic heterocycles. The summed E-state index contributed by atoms with van der Waals surface area (Å²) in [6.07, 6.45) is 29.2. The van der Waals surface area contributed by atoms with Gasteiger partial charge in [-0.25, -0.2) is 4.39 Å². The summed E-state index contributed by atoms with van der Waals surface area (Å²) in [6, 6.07) is 3.43. The lowest BCUT2D eigenvalue weighted by molar-refractivity contribution is 0.244. The first kappa shape index (κ1) is 29.3. The van der Waals surface area contributed by atoms with Gasteiger partial charge in [0.05, 0.1) is 6.61 Å².